The normalized spacial score (nSPS) is 16.2. The van der Waals surface area contributed by atoms with Gasteiger partial charge in [-0.05, 0) is 36.8 Å². The van der Waals surface area contributed by atoms with Gasteiger partial charge >= 0.3 is 0 Å². The molecule has 1 amide bonds. The molecule has 0 aliphatic carbocycles. The van der Waals surface area contributed by atoms with Crippen LogP contribution >= 0.6 is 34.2 Å². The summed E-state index contributed by atoms with van der Waals surface area (Å²) < 4.78 is 4.90. The number of pyridine rings is 1. The predicted octanol–water partition coefficient (Wildman–Crippen LogP) is 4.43. The Balaban J connectivity index is 1.49. The summed E-state index contributed by atoms with van der Waals surface area (Å²) in [5, 5.41) is 5.33. The van der Waals surface area contributed by atoms with Crippen LogP contribution in [-0.4, -0.2) is 39.7 Å². The molecule has 31 heavy (non-hydrogen) atoms. The highest BCUT2D eigenvalue weighted by atomic mass is 127. The van der Waals surface area contributed by atoms with Crippen molar-refractivity contribution < 1.29 is 4.79 Å². The second kappa shape index (κ2) is 7.13. The number of hydrogen-bond donors (Lipinski definition) is 0. The van der Waals surface area contributed by atoms with Gasteiger partial charge in [-0.15, -0.1) is 11.3 Å². The lowest BCUT2D eigenvalue weighted by molar-refractivity contribution is 0.0686. The molecule has 1 aliphatic rings. The van der Waals surface area contributed by atoms with E-state index >= 15 is 0 Å². The van der Waals surface area contributed by atoms with E-state index < -0.39 is 0 Å². The molecule has 9 heteroatoms. The van der Waals surface area contributed by atoms with Crippen molar-refractivity contribution in [2.24, 2.45) is 0 Å². The molecule has 0 fully saturated rings. The van der Waals surface area contributed by atoms with Crippen molar-refractivity contribution in [2.75, 3.05) is 6.54 Å². The van der Waals surface area contributed by atoms with E-state index in [1.807, 2.05) is 55.1 Å². The smallest absolute Gasteiger partial charge is 0.283 e. The molecule has 5 aromatic rings. The average molecular weight is 540 g/mol. The van der Waals surface area contributed by atoms with Crippen LogP contribution in [0.3, 0.4) is 0 Å². The fourth-order valence-corrected chi connectivity index (χ4v) is 5.78. The fraction of sp³-hybridized carbons (Fsp3) is 0.182. The van der Waals surface area contributed by atoms with Gasteiger partial charge in [0.2, 0.25) is 0 Å². The van der Waals surface area contributed by atoms with Crippen LogP contribution in [0.1, 0.15) is 38.5 Å². The van der Waals surface area contributed by atoms with Gasteiger partial charge in [-0.1, -0.05) is 18.2 Å². The van der Waals surface area contributed by atoms with Crippen LogP contribution in [-0.2, 0) is 6.42 Å². The van der Waals surface area contributed by atoms with E-state index in [0.29, 0.717) is 11.6 Å². The van der Waals surface area contributed by atoms with Crippen LogP contribution in [0.5, 0.6) is 0 Å². The van der Waals surface area contributed by atoms with Crippen molar-refractivity contribution in [1.29, 1.82) is 0 Å². The van der Waals surface area contributed by atoms with Crippen LogP contribution in [0.2, 0.25) is 0 Å². The van der Waals surface area contributed by atoms with Gasteiger partial charge in [0.15, 0.2) is 5.01 Å². The quantitative estimate of drug-likeness (QED) is 0.311. The number of benzene rings is 1. The maximum absolute atomic E-state index is 13.7. The number of amides is 1. The van der Waals surface area contributed by atoms with Gasteiger partial charge in [0, 0.05) is 19.2 Å². The number of aryl methyl sites for hydroxylation is 1. The monoisotopic (exact) mass is 540 g/mol. The highest BCUT2D eigenvalue weighted by Crippen LogP contribution is 2.37. The standard InChI is InChI=1S/C22H17IN6OS/c1-13-5-4-9-29-17(13)11-15(26-29)20-19-16(28(23)12-24-19)8-10-27(20)22(30)21-25-14-6-2-3-7-18(14)31-21/h2-7,9,11-12,20H,8,10H2,1H3/t20-/m1/s1. The van der Waals surface area contributed by atoms with E-state index in [-0.39, 0.29) is 11.9 Å². The lowest BCUT2D eigenvalue weighted by atomic mass is 9.99. The second-order valence-electron chi connectivity index (χ2n) is 7.62. The Labute approximate surface area is 195 Å². The Hall–Kier alpha value is -2.79. The second-order valence-corrected chi connectivity index (χ2v) is 9.69. The Morgan fingerprint density at radius 2 is 2.10 bits per heavy atom. The molecule has 0 saturated heterocycles. The molecule has 0 spiro atoms. The van der Waals surface area contributed by atoms with Crippen LogP contribution in [0.15, 0.2) is 55.0 Å². The first kappa shape index (κ1) is 18.9. The summed E-state index contributed by atoms with van der Waals surface area (Å²) in [6.07, 6.45) is 4.49. The summed E-state index contributed by atoms with van der Waals surface area (Å²) in [7, 11) is 0. The van der Waals surface area contributed by atoms with Crippen molar-refractivity contribution in [3.8, 4) is 0 Å². The van der Waals surface area contributed by atoms with E-state index in [1.165, 1.54) is 11.3 Å². The van der Waals surface area contributed by atoms with Crippen molar-refractivity contribution in [1.82, 2.24) is 27.3 Å². The van der Waals surface area contributed by atoms with Gasteiger partial charge in [-0.2, -0.15) is 5.10 Å². The fourth-order valence-electron chi connectivity index (χ4n) is 4.25. The lowest BCUT2D eigenvalue weighted by Crippen LogP contribution is -2.41. The molecule has 5 heterocycles. The van der Waals surface area contributed by atoms with Gasteiger partial charge < -0.3 is 4.90 Å². The molecular weight excluding hydrogens is 523 g/mol. The Bertz CT molecular complexity index is 1430. The highest BCUT2D eigenvalue weighted by Gasteiger charge is 2.38. The summed E-state index contributed by atoms with van der Waals surface area (Å²) >= 11 is 3.68. The van der Waals surface area contributed by atoms with E-state index in [4.69, 9.17) is 5.10 Å². The maximum Gasteiger partial charge on any atom is 0.283 e. The highest BCUT2D eigenvalue weighted by molar-refractivity contribution is 14.1. The molecule has 154 valence electrons. The minimum Gasteiger partial charge on any atom is -0.322 e. The van der Waals surface area contributed by atoms with E-state index in [1.54, 1.807) is 0 Å². The molecule has 0 N–H and O–H groups in total. The zero-order chi connectivity index (χ0) is 21.1. The third-order valence-corrected chi connectivity index (χ3v) is 7.62. The summed E-state index contributed by atoms with van der Waals surface area (Å²) in [6.45, 7) is 2.66. The molecule has 0 bridgehead atoms. The Morgan fingerprint density at radius 1 is 1.23 bits per heavy atom. The van der Waals surface area contributed by atoms with Crippen molar-refractivity contribution in [2.45, 2.75) is 19.4 Å². The number of halogens is 1. The summed E-state index contributed by atoms with van der Waals surface area (Å²) in [5.74, 6) is -0.0753. The molecule has 0 unspecified atom stereocenters. The first-order chi connectivity index (χ1) is 15.1. The van der Waals surface area contributed by atoms with Gasteiger partial charge in [0.25, 0.3) is 5.91 Å². The van der Waals surface area contributed by atoms with Gasteiger partial charge in [0.05, 0.1) is 55.7 Å². The zero-order valence-corrected chi connectivity index (χ0v) is 19.5. The number of rotatable bonds is 2. The first-order valence-electron chi connectivity index (χ1n) is 9.94. The molecule has 7 nitrogen and oxygen atoms in total. The van der Waals surface area contributed by atoms with Crippen molar-refractivity contribution >= 4 is 55.8 Å². The number of carbonyl (C=O) groups excluding carboxylic acids is 1. The topological polar surface area (TPSA) is 68.3 Å². The number of imidazole rings is 1. The van der Waals surface area contributed by atoms with E-state index in [9.17, 15) is 4.79 Å². The zero-order valence-electron chi connectivity index (χ0n) is 16.6. The van der Waals surface area contributed by atoms with Gasteiger partial charge in [-0.3, -0.25) is 7.58 Å². The summed E-state index contributed by atoms with van der Waals surface area (Å²) in [5.41, 5.74) is 5.86. The number of fused-ring (bicyclic) bond motifs is 3. The molecule has 0 saturated carbocycles. The largest absolute Gasteiger partial charge is 0.322 e. The van der Waals surface area contributed by atoms with E-state index in [2.05, 4.69) is 51.9 Å². The van der Waals surface area contributed by atoms with Gasteiger partial charge in [0.1, 0.15) is 12.4 Å². The molecule has 6 rings (SSSR count). The molecule has 0 radical (unpaired) electrons. The number of hydrogen-bond acceptors (Lipinski definition) is 5. The number of thiazole rings is 1. The summed E-state index contributed by atoms with van der Waals surface area (Å²) in [4.78, 5) is 24.8. The minimum atomic E-state index is -0.349. The van der Waals surface area contributed by atoms with Crippen molar-refractivity contribution in [3.63, 3.8) is 0 Å². The Kier molecular flexibility index (Phi) is 4.35. The maximum atomic E-state index is 13.7. The third kappa shape index (κ3) is 2.98. The number of carbonyl (C=O) groups is 1. The minimum absolute atomic E-state index is 0.0753. The third-order valence-electron chi connectivity index (χ3n) is 5.76. The summed E-state index contributed by atoms with van der Waals surface area (Å²) in [6, 6.07) is 13.6. The number of nitrogens with zero attached hydrogens (tertiary/aromatic N) is 6. The molecule has 4 aromatic heterocycles. The number of para-hydroxylation sites is 1. The molecule has 1 aromatic carbocycles. The van der Waals surface area contributed by atoms with Crippen LogP contribution in [0.25, 0.3) is 15.7 Å². The van der Waals surface area contributed by atoms with Crippen molar-refractivity contribution in [3.05, 3.63) is 82.6 Å². The van der Waals surface area contributed by atoms with Crippen LogP contribution in [0.4, 0.5) is 0 Å². The first-order valence-corrected chi connectivity index (χ1v) is 11.7. The lowest BCUT2D eigenvalue weighted by Gasteiger charge is -2.33. The Morgan fingerprint density at radius 3 is 2.94 bits per heavy atom. The van der Waals surface area contributed by atoms with Gasteiger partial charge in [-0.25, -0.2) is 14.5 Å². The van der Waals surface area contributed by atoms with E-state index in [0.717, 1.165) is 44.8 Å². The average Bonchev–Trinajstić information content (AvgIpc) is 3.49. The molecule has 1 atom stereocenters. The molecule has 1 aliphatic heterocycles. The molecular formula is C22H17IN6OS. The van der Waals surface area contributed by atoms with Crippen LogP contribution in [0, 0.1) is 6.92 Å². The predicted molar refractivity (Wildman–Crippen MR) is 128 cm³/mol. The number of aromatic nitrogens is 5. The van der Waals surface area contributed by atoms with Crippen LogP contribution < -0.4 is 0 Å². The SMILES string of the molecule is Cc1cccn2nc([C@@H]3c4ncn(I)c4CCN3C(=O)c3nc4ccccc4s3)cc12.